The molecule has 2 rings (SSSR count). The number of hydrazone groups is 1. The number of carbonyl (C=O) groups is 1. The molecule has 1 aliphatic rings. The lowest BCUT2D eigenvalue weighted by atomic mass is 9.99. The van der Waals surface area contributed by atoms with Crippen LogP contribution < -0.4 is 0 Å². The Bertz CT molecular complexity index is 644. The fourth-order valence-electron chi connectivity index (χ4n) is 2.36. The minimum absolute atomic E-state index is 0.0315. The summed E-state index contributed by atoms with van der Waals surface area (Å²) < 4.78 is 40.1. The van der Waals surface area contributed by atoms with Crippen LogP contribution in [0.3, 0.4) is 0 Å². The van der Waals surface area contributed by atoms with E-state index in [4.69, 9.17) is 11.6 Å². The number of amides is 1. The van der Waals surface area contributed by atoms with E-state index < -0.39 is 24.2 Å². The van der Waals surface area contributed by atoms with Crippen LogP contribution in [0.25, 0.3) is 0 Å². The second-order valence-electron chi connectivity index (χ2n) is 6.21. The Morgan fingerprint density at radius 3 is 2.46 bits per heavy atom. The summed E-state index contributed by atoms with van der Waals surface area (Å²) in [7, 11) is 0. The molecule has 0 bridgehead atoms. The zero-order chi connectivity index (χ0) is 18.1. The van der Waals surface area contributed by atoms with Crippen molar-refractivity contribution in [1.82, 2.24) is 5.01 Å². The van der Waals surface area contributed by atoms with Crippen molar-refractivity contribution in [1.29, 1.82) is 0 Å². The Kier molecular flexibility index (Phi) is 5.25. The number of alkyl halides is 3. The van der Waals surface area contributed by atoms with Crippen molar-refractivity contribution in [3.63, 3.8) is 0 Å². The molecule has 1 atom stereocenters. The van der Waals surface area contributed by atoms with Crippen LogP contribution in [0.4, 0.5) is 13.2 Å². The fraction of sp³-hybridized carbons (Fsp3) is 0.500. The summed E-state index contributed by atoms with van der Waals surface area (Å²) in [5.74, 6) is -0.751. The van der Waals surface area contributed by atoms with Crippen molar-refractivity contribution in [2.45, 2.75) is 45.0 Å². The summed E-state index contributed by atoms with van der Waals surface area (Å²) in [5, 5.41) is 14.4. The van der Waals surface area contributed by atoms with Gasteiger partial charge in [0.05, 0.1) is 0 Å². The highest BCUT2D eigenvalue weighted by molar-refractivity contribution is 6.30. The van der Waals surface area contributed by atoms with E-state index in [-0.39, 0.29) is 22.2 Å². The van der Waals surface area contributed by atoms with Crippen LogP contribution in [-0.4, -0.2) is 33.6 Å². The molecule has 0 radical (unpaired) electrons. The third-order valence-corrected chi connectivity index (χ3v) is 4.04. The quantitative estimate of drug-likeness (QED) is 0.871. The number of aliphatic hydroxyl groups is 1. The monoisotopic (exact) mass is 362 g/mol. The fourth-order valence-corrected chi connectivity index (χ4v) is 2.49. The van der Waals surface area contributed by atoms with Crippen molar-refractivity contribution in [3.05, 3.63) is 34.9 Å². The number of rotatable bonds is 4. The molecule has 1 heterocycles. The molecule has 132 valence electrons. The first-order valence-corrected chi connectivity index (χ1v) is 7.88. The lowest BCUT2D eigenvalue weighted by Crippen LogP contribution is -2.56. The molecule has 0 saturated carbocycles. The van der Waals surface area contributed by atoms with Gasteiger partial charge in [0, 0.05) is 22.7 Å². The average molecular weight is 363 g/mol. The van der Waals surface area contributed by atoms with Crippen molar-refractivity contribution in [3.8, 4) is 0 Å². The van der Waals surface area contributed by atoms with Crippen molar-refractivity contribution >= 4 is 23.2 Å². The molecule has 0 unspecified atom stereocenters. The van der Waals surface area contributed by atoms with E-state index in [0.29, 0.717) is 17.9 Å². The second-order valence-corrected chi connectivity index (χ2v) is 6.65. The highest BCUT2D eigenvalue weighted by Crippen LogP contribution is 2.41. The van der Waals surface area contributed by atoms with Gasteiger partial charge in [-0.3, -0.25) is 4.79 Å². The molecule has 0 fully saturated rings. The van der Waals surface area contributed by atoms with E-state index in [9.17, 15) is 23.1 Å². The molecule has 1 amide bonds. The van der Waals surface area contributed by atoms with Gasteiger partial charge in [-0.05, 0) is 43.0 Å². The maximum atomic E-state index is 13.4. The van der Waals surface area contributed by atoms with Gasteiger partial charge >= 0.3 is 6.18 Å². The molecule has 24 heavy (non-hydrogen) atoms. The summed E-state index contributed by atoms with van der Waals surface area (Å²) in [6.07, 6.45) is -4.84. The molecule has 1 aromatic rings. The normalized spacial score (nSPS) is 21.3. The highest BCUT2D eigenvalue weighted by atomic mass is 35.5. The molecule has 1 aromatic carbocycles. The highest BCUT2D eigenvalue weighted by Gasteiger charge is 2.63. The molecule has 1 aliphatic heterocycles. The Morgan fingerprint density at radius 1 is 1.38 bits per heavy atom. The summed E-state index contributed by atoms with van der Waals surface area (Å²) >= 11 is 5.72. The van der Waals surface area contributed by atoms with Gasteiger partial charge in [-0.1, -0.05) is 25.4 Å². The predicted octanol–water partition coefficient (Wildman–Crippen LogP) is 4.23. The van der Waals surface area contributed by atoms with Gasteiger partial charge in [0.1, 0.15) is 0 Å². The Morgan fingerprint density at radius 2 is 1.96 bits per heavy atom. The van der Waals surface area contributed by atoms with Gasteiger partial charge in [0.15, 0.2) is 0 Å². The largest absolute Gasteiger partial charge is 0.438 e. The lowest BCUT2D eigenvalue weighted by molar-refractivity contribution is -0.297. The van der Waals surface area contributed by atoms with E-state index in [2.05, 4.69) is 5.10 Å². The van der Waals surface area contributed by atoms with E-state index >= 15 is 0 Å². The van der Waals surface area contributed by atoms with E-state index in [0.717, 1.165) is 0 Å². The number of carbonyl (C=O) groups excluding carboxylic acids is 1. The SMILES string of the molecule is CC(C)CCC1=NN(C(=O)c2ccc(Cl)cc2)[C@@](O)(C(F)(F)F)C1. The molecular weight excluding hydrogens is 345 g/mol. The Balaban J connectivity index is 2.33. The third kappa shape index (κ3) is 3.72. The molecule has 8 heteroatoms. The maximum absolute atomic E-state index is 13.4. The topological polar surface area (TPSA) is 52.9 Å². The van der Waals surface area contributed by atoms with Crippen LogP contribution in [0, 0.1) is 5.92 Å². The van der Waals surface area contributed by atoms with Crippen molar-refractivity contribution < 1.29 is 23.1 Å². The first-order valence-electron chi connectivity index (χ1n) is 7.50. The third-order valence-electron chi connectivity index (χ3n) is 3.79. The van der Waals surface area contributed by atoms with E-state index in [1.165, 1.54) is 24.3 Å². The molecule has 4 nitrogen and oxygen atoms in total. The van der Waals surface area contributed by atoms with Gasteiger partial charge in [0.2, 0.25) is 0 Å². The Hall–Kier alpha value is -1.60. The smallest absolute Gasteiger partial charge is 0.362 e. The van der Waals surface area contributed by atoms with Gasteiger partial charge in [-0.2, -0.15) is 23.3 Å². The minimum Gasteiger partial charge on any atom is -0.362 e. The number of hydrogen-bond donors (Lipinski definition) is 1. The van der Waals surface area contributed by atoms with Gasteiger partial charge < -0.3 is 5.11 Å². The summed E-state index contributed by atoms with van der Waals surface area (Å²) in [4.78, 5) is 12.4. The Labute approximate surface area is 142 Å². The zero-order valence-corrected chi connectivity index (χ0v) is 14.0. The number of hydrogen-bond acceptors (Lipinski definition) is 3. The molecule has 0 spiro atoms. The number of nitrogens with zero attached hydrogens (tertiary/aromatic N) is 2. The predicted molar refractivity (Wildman–Crippen MR) is 84.8 cm³/mol. The number of halogens is 4. The first-order chi connectivity index (χ1) is 11.0. The van der Waals surface area contributed by atoms with Gasteiger partial charge in [-0.15, -0.1) is 0 Å². The van der Waals surface area contributed by atoms with Gasteiger partial charge in [0.25, 0.3) is 11.6 Å². The van der Waals surface area contributed by atoms with Crippen LogP contribution in [0.5, 0.6) is 0 Å². The van der Waals surface area contributed by atoms with Crippen LogP contribution in [0.2, 0.25) is 5.02 Å². The van der Waals surface area contributed by atoms with Crippen LogP contribution in [0.1, 0.15) is 43.5 Å². The van der Waals surface area contributed by atoms with Crippen molar-refractivity contribution in [2.75, 3.05) is 0 Å². The van der Waals surface area contributed by atoms with E-state index in [1.807, 2.05) is 13.8 Å². The molecule has 0 aliphatic carbocycles. The summed E-state index contributed by atoms with van der Waals surface area (Å²) in [6, 6.07) is 5.37. The molecule has 1 N–H and O–H groups in total. The summed E-state index contributed by atoms with van der Waals surface area (Å²) in [5.41, 5.74) is -3.20. The van der Waals surface area contributed by atoms with Crippen LogP contribution in [0.15, 0.2) is 29.4 Å². The molecule has 0 saturated heterocycles. The second kappa shape index (κ2) is 6.72. The van der Waals surface area contributed by atoms with Gasteiger partial charge in [-0.25, -0.2) is 0 Å². The van der Waals surface area contributed by atoms with Crippen LogP contribution >= 0.6 is 11.6 Å². The van der Waals surface area contributed by atoms with Crippen LogP contribution in [-0.2, 0) is 0 Å². The lowest BCUT2D eigenvalue weighted by Gasteiger charge is -2.32. The van der Waals surface area contributed by atoms with Crippen molar-refractivity contribution in [2.24, 2.45) is 11.0 Å². The average Bonchev–Trinajstić information content (AvgIpc) is 2.83. The minimum atomic E-state index is -5.02. The molecular formula is C16H18ClF3N2O2. The molecule has 0 aromatic heterocycles. The number of benzene rings is 1. The summed E-state index contributed by atoms with van der Waals surface area (Å²) in [6.45, 7) is 3.87. The van der Waals surface area contributed by atoms with E-state index in [1.54, 1.807) is 0 Å². The first kappa shape index (κ1) is 18.7. The maximum Gasteiger partial charge on any atom is 0.438 e. The standard InChI is InChI=1S/C16H18ClF3N2O2/c1-10(2)3-8-13-9-15(24,16(18,19)20)22(21-13)14(23)11-4-6-12(17)7-5-11/h4-7,10,24H,3,8-9H2,1-2H3/t15-/m0/s1. The zero-order valence-electron chi connectivity index (χ0n) is 13.3.